The summed E-state index contributed by atoms with van der Waals surface area (Å²) < 4.78 is 0. The summed E-state index contributed by atoms with van der Waals surface area (Å²) in [5, 5.41) is 0. The Labute approximate surface area is 184 Å². The van der Waals surface area contributed by atoms with Crippen molar-refractivity contribution in [3.05, 3.63) is 0 Å². The Kier molecular flexibility index (Phi) is 7.38. The van der Waals surface area contributed by atoms with Gasteiger partial charge in [-0.25, -0.2) is 0 Å². The average Bonchev–Trinajstić information content (AvgIpc) is 3.26. The lowest BCUT2D eigenvalue weighted by molar-refractivity contribution is -0.142. The van der Waals surface area contributed by atoms with E-state index in [4.69, 9.17) is 0 Å². The van der Waals surface area contributed by atoms with Gasteiger partial charge >= 0.3 is 0 Å². The number of hydrogen-bond donors (Lipinski definition) is 0. The molecule has 4 aliphatic heterocycles. The predicted octanol–water partition coefficient (Wildman–Crippen LogP) is 1.79. The molecule has 0 atom stereocenters. The molecule has 0 radical (unpaired) electrons. The number of carbonyl (C=O) groups excluding carboxylic acids is 4. The van der Waals surface area contributed by atoms with Gasteiger partial charge in [-0.3, -0.25) is 38.8 Å². The molecule has 4 heterocycles. The van der Waals surface area contributed by atoms with E-state index in [-0.39, 0.29) is 23.6 Å². The Morgan fingerprint density at radius 1 is 0.548 bits per heavy atom. The molecule has 0 bridgehead atoms. The minimum absolute atomic E-state index is 0.0169. The van der Waals surface area contributed by atoms with Crippen LogP contribution in [0, 0.1) is 11.8 Å². The molecule has 172 valence electrons. The molecule has 31 heavy (non-hydrogen) atoms. The summed E-state index contributed by atoms with van der Waals surface area (Å²) >= 11 is 0. The third-order valence-electron chi connectivity index (χ3n) is 7.63. The zero-order valence-corrected chi connectivity index (χ0v) is 18.6. The highest BCUT2D eigenvalue weighted by molar-refractivity contribution is 6.02. The molecule has 0 aromatic heterocycles. The van der Waals surface area contributed by atoms with Gasteiger partial charge in [-0.2, -0.15) is 0 Å². The standard InChI is InChI=1S/C23H36N4O4/c28-20-4-5-21(29)26(20)16-24-12-8-18(9-13-24)2-1-3-19-10-14-25(15-11-19)17-27-22(30)6-7-23(27)31/h18-19H,1-17H2. The van der Waals surface area contributed by atoms with E-state index >= 15 is 0 Å². The number of imide groups is 2. The number of carbonyl (C=O) groups is 4. The maximum absolute atomic E-state index is 11.8. The summed E-state index contributed by atoms with van der Waals surface area (Å²) in [6, 6.07) is 0. The van der Waals surface area contributed by atoms with E-state index < -0.39 is 0 Å². The average molecular weight is 433 g/mol. The van der Waals surface area contributed by atoms with Crippen LogP contribution in [-0.2, 0) is 19.2 Å². The molecule has 0 unspecified atom stereocenters. The summed E-state index contributed by atoms with van der Waals surface area (Å²) in [7, 11) is 0. The first-order valence-corrected chi connectivity index (χ1v) is 12.1. The van der Waals surface area contributed by atoms with Crippen molar-refractivity contribution in [2.45, 2.75) is 70.6 Å². The third kappa shape index (κ3) is 5.71. The third-order valence-corrected chi connectivity index (χ3v) is 7.63. The number of piperidine rings is 2. The Morgan fingerprint density at radius 2 is 0.871 bits per heavy atom. The van der Waals surface area contributed by atoms with Crippen molar-refractivity contribution < 1.29 is 19.2 Å². The van der Waals surface area contributed by atoms with Crippen LogP contribution >= 0.6 is 0 Å². The molecule has 8 nitrogen and oxygen atoms in total. The largest absolute Gasteiger partial charge is 0.286 e. The molecule has 4 rings (SSSR count). The fourth-order valence-corrected chi connectivity index (χ4v) is 5.49. The van der Waals surface area contributed by atoms with Crippen LogP contribution < -0.4 is 0 Å². The highest BCUT2D eigenvalue weighted by atomic mass is 16.2. The van der Waals surface area contributed by atoms with Gasteiger partial charge in [-0.15, -0.1) is 0 Å². The highest BCUT2D eigenvalue weighted by Crippen LogP contribution is 2.28. The molecule has 4 aliphatic rings. The van der Waals surface area contributed by atoms with Crippen LogP contribution in [0.4, 0.5) is 0 Å². The van der Waals surface area contributed by atoms with E-state index in [0.717, 1.165) is 63.7 Å². The second-order valence-electron chi connectivity index (χ2n) is 9.77. The zero-order valence-electron chi connectivity index (χ0n) is 18.6. The van der Waals surface area contributed by atoms with Gasteiger partial charge in [0.25, 0.3) is 0 Å². The van der Waals surface area contributed by atoms with Crippen LogP contribution in [0.15, 0.2) is 0 Å². The molecule has 8 heteroatoms. The first kappa shape index (κ1) is 22.4. The topological polar surface area (TPSA) is 81.2 Å². The Bertz CT molecular complexity index is 606. The van der Waals surface area contributed by atoms with Crippen LogP contribution in [0.5, 0.6) is 0 Å². The number of nitrogens with zero attached hydrogens (tertiary/aromatic N) is 4. The minimum atomic E-state index is -0.0169. The van der Waals surface area contributed by atoms with Crippen molar-refractivity contribution in [1.82, 2.24) is 19.6 Å². The van der Waals surface area contributed by atoms with Crippen molar-refractivity contribution in [2.75, 3.05) is 39.5 Å². The van der Waals surface area contributed by atoms with E-state index in [0.29, 0.717) is 39.0 Å². The summed E-state index contributed by atoms with van der Waals surface area (Å²) in [5.41, 5.74) is 0. The Morgan fingerprint density at radius 3 is 1.19 bits per heavy atom. The summed E-state index contributed by atoms with van der Waals surface area (Å²) in [6.45, 7) is 4.89. The molecule has 4 saturated heterocycles. The van der Waals surface area contributed by atoms with Crippen molar-refractivity contribution in [3.63, 3.8) is 0 Å². The number of likely N-dealkylation sites (tertiary alicyclic amines) is 4. The van der Waals surface area contributed by atoms with Crippen LogP contribution in [-0.4, -0.2) is 82.7 Å². The van der Waals surface area contributed by atoms with Crippen molar-refractivity contribution in [2.24, 2.45) is 11.8 Å². The van der Waals surface area contributed by atoms with Crippen LogP contribution in [0.3, 0.4) is 0 Å². The zero-order chi connectivity index (χ0) is 21.8. The lowest BCUT2D eigenvalue weighted by atomic mass is 9.87. The smallest absolute Gasteiger partial charge is 0.230 e. The summed E-state index contributed by atoms with van der Waals surface area (Å²) in [4.78, 5) is 54.5. The monoisotopic (exact) mass is 432 g/mol. The van der Waals surface area contributed by atoms with Gasteiger partial charge in [-0.1, -0.05) is 19.3 Å². The second-order valence-corrected chi connectivity index (χ2v) is 9.77. The number of amides is 4. The maximum Gasteiger partial charge on any atom is 0.230 e. The van der Waals surface area contributed by atoms with Gasteiger partial charge in [0.05, 0.1) is 13.3 Å². The van der Waals surface area contributed by atoms with Gasteiger partial charge < -0.3 is 0 Å². The first-order valence-electron chi connectivity index (χ1n) is 12.1. The molecule has 0 saturated carbocycles. The van der Waals surface area contributed by atoms with E-state index in [1.54, 1.807) is 0 Å². The van der Waals surface area contributed by atoms with E-state index in [2.05, 4.69) is 9.80 Å². The lowest BCUT2D eigenvalue weighted by Crippen LogP contribution is -2.44. The van der Waals surface area contributed by atoms with Crippen molar-refractivity contribution in [3.8, 4) is 0 Å². The second kappa shape index (κ2) is 10.2. The van der Waals surface area contributed by atoms with Gasteiger partial charge in [0, 0.05) is 51.9 Å². The van der Waals surface area contributed by atoms with Gasteiger partial charge in [-0.05, 0) is 37.5 Å². The molecule has 4 fully saturated rings. The van der Waals surface area contributed by atoms with Crippen molar-refractivity contribution >= 4 is 23.6 Å². The van der Waals surface area contributed by atoms with Gasteiger partial charge in [0.2, 0.25) is 23.6 Å². The molecule has 0 aliphatic carbocycles. The number of hydrogen-bond acceptors (Lipinski definition) is 6. The summed E-state index contributed by atoms with van der Waals surface area (Å²) in [5.74, 6) is 1.45. The Hall–Kier alpha value is -1.80. The molecule has 0 aromatic carbocycles. The normalized spacial score (nSPS) is 25.4. The maximum atomic E-state index is 11.8. The van der Waals surface area contributed by atoms with E-state index in [1.807, 2.05) is 0 Å². The fourth-order valence-electron chi connectivity index (χ4n) is 5.49. The van der Waals surface area contributed by atoms with Gasteiger partial charge in [0.15, 0.2) is 0 Å². The molecule has 4 amide bonds. The van der Waals surface area contributed by atoms with Crippen LogP contribution in [0.1, 0.15) is 70.6 Å². The highest BCUT2D eigenvalue weighted by Gasteiger charge is 2.32. The predicted molar refractivity (Wildman–Crippen MR) is 114 cm³/mol. The SMILES string of the molecule is O=C1CCC(=O)N1CN1CCC(CCCC2CCN(CN3C(=O)CCC3=O)CC2)CC1. The lowest BCUT2D eigenvalue weighted by Gasteiger charge is -2.35. The first-order chi connectivity index (χ1) is 15.0. The molecule has 0 N–H and O–H groups in total. The molecular weight excluding hydrogens is 396 g/mol. The van der Waals surface area contributed by atoms with E-state index in [1.165, 1.54) is 29.1 Å². The quantitative estimate of drug-likeness (QED) is 0.544. The molecular formula is C23H36N4O4. The van der Waals surface area contributed by atoms with Crippen molar-refractivity contribution in [1.29, 1.82) is 0 Å². The molecule has 0 spiro atoms. The molecule has 0 aromatic rings. The Balaban J connectivity index is 1.07. The summed E-state index contributed by atoms with van der Waals surface area (Å²) in [6.07, 6.45) is 9.95. The fraction of sp³-hybridized carbons (Fsp3) is 0.826. The van der Waals surface area contributed by atoms with Gasteiger partial charge in [0.1, 0.15) is 0 Å². The van der Waals surface area contributed by atoms with Crippen LogP contribution in [0.2, 0.25) is 0 Å². The van der Waals surface area contributed by atoms with E-state index in [9.17, 15) is 19.2 Å². The number of rotatable bonds is 8. The minimum Gasteiger partial charge on any atom is -0.286 e. The van der Waals surface area contributed by atoms with Crippen LogP contribution in [0.25, 0.3) is 0 Å².